The van der Waals surface area contributed by atoms with E-state index in [-0.39, 0.29) is 0 Å². The average Bonchev–Trinajstić information content (AvgIpc) is 2.35. The van der Waals surface area contributed by atoms with Gasteiger partial charge >= 0.3 is 0 Å². The lowest BCUT2D eigenvalue weighted by molar-refractivity contribution is 0.455. The first-order valence-corrected chi connectivity index (χ1v) is 6.82. The minimum absolute atomic E-state index is 0.539. The number of rotatable bonds is 3. The third-order valence-corrected chi connectivity index (χ3v) is 3.49. The summed E-state index contributed by atoms with van der Waals surface area (Å²) in [5.74, 6) is 2.01. The molecule has 0 saturated heterocycles. The summed E-state index contributed by atoms with van der Waals surface area (Å²) in [6.07, 6.45) is 1.47. The SMILES string of the molecule is CNc1ncnc(Oc2ccc(Br)cc2Br)c1C. The highest BCUT2D eigenvalue weighted by atomic mass is 79.9. The van der Waals surface area contributed by atoms with Crippen LogP contribution in [-0.2, 0) is 0 Å². The predicted octanol–water partition coefficient (Wildman–Crippen LogP) is 4.14. The summed E-state index contributed by atoms with van der Waals surface area (Å²) in [5.41, 5.74) is 0.870. The molecule has 0 amide bonds. The number of hydrogen-bond acceptors (Lipinski definition) is 4. The van der Waals surface area contributed by atoms with Crippen molar-refractivity contribution in [3.8, 4) is 11.6 Å². The van der Waals surface area contributed by atoms with Crippen molar-refractivity contribution in [1.29, 1.82) is 0 Å². The molecule has 4 nitrogen and oxygen atoms in total. The van der Waals surface area contributed by atoms with Crippen molar-refractivity contribution >= 4 is 37.7 Å². The van der Waals surface area contributed by atoms with Crippen molar-refractivity contribution in [2.45, 2.75) is 6.92 Å². The zero-order valence-corrected chi connectivity index (χ0v) is 13.0. The Morgan fingerprint density at radius 3 is 2.67 bits per heavy atom. The van der Waals surface area contributed by atoms with E-state index in [0.717, 1.165) is 20.3 Å². The van der Waals surface area contributed by atoms with Gasteiger partial charge in [-0.05, 0) is 41.1 Å². The molecule has 0 fully saturated rings. The van der Waals surface area contributed by atoms with Gasteiger partial charge in [0, 0.05) is 11.5 Å². The Bertz CT molecular complexity index is 575. The lowest BCUT2D eigenvalue weighted by Gasteiger charge is -2.11. The second kappa shape index (κ2) is 5.67. The molecule has 0 aliphatic rings. The van der Waals surface area contributed by atoms with Crippen LogP contribution in [0.1, 0.15) is 5.56 Å². The topological polar surface area (TPSA) is 47.0 Å². The molecule has 18 heavy (non-hydrogen) atoms. The normalized spacial score (nSPS) is 10.2. The summed E-state index contributed by atoms with van der Waals surface area (Å²) < 4.78 is 7.62. The first-order chi connectivity index (χ1) is 8.61. The molecule has 0 bridgehead atoms. The Morgan fingerprint density at radius 1 is 1.22 bits per heavy atom. The molecule has 0 aliphatic carbocycles. The van der Waals surface area contributed by atoms with Gasteiger partial charge < -0.3 is 10.1 Å². The minimum atomic E-state index is 0.539. The lowest BCUT2D eigenvalue weighted by atomic mass is 10.3. The van der Waals surface area contributed by atoms with Gasteiger partial charge in [0.05, 0.1) is 10.0 Å². The van der Waals surface area contributed by atoms with Crippen LogP contribution in [0.3, 0.4) is 0 Å². The van der Waals surface area contributed by atoms with Gasteiger partial charge in [-0.3, -0.25) is 0 Å². The molecule has 0 unspecified atom stereocenters. The molecule has 94 valence electrons. The van der Waals surface area contributed by atoms with Gasteiger partial charge in [-0.25, -0.2) is 9.97 Å². The molecule has 2 aromatic rings. The number of nitrogens with zero attached hydrogens (tertiary/aromatic N) is 2. The highest BCUT2D eigenvalue weighted by Crippen LogP contribution is 2.33. The Labute approximate surface area is 122 Å². The number of halogens is 2. The molecule has 1 N–H and O–H groups in total. The van der Waals surface area contributed by atoms with Crippen molar-refractivity contribution in [2.75, 3.05) is 12.4 Å². The van der Waals surface area contributed by atoms with Crippen molar-refractivity contribution in [3.63, 3.8) is 0 Å². The first kappa shape index (κ1) is 13.3. The highest BCUT2D eigenvalue weighted by Gasteiger charge is 2.10. The van der Waals surface area contributed by atoms with Crippen molar-refractivity contribution in [3.05, 3.63) is 39.0 Å². The molecule has 1 heterocycles. The van der Waals surface area contributed by atoms with E-state index in [1.54, 1.807) is 0 Å². The number of nitrogens with one attached hydrogen (secondary N) is 1. The quantitative estimate of drug-likeness (QED) is 0.879. The molecule has 1 aromatic carbocycles. The average molecular weight is 373 g/mol. The lowest BCUT2D eigenvalue weighted by Crippen LogP contribution is -2.00. The molecule has 2 rings (SSSR count). The summed E-state index contributed by atoms with van der Waals surface area (Å²) in [6.45, 7) is 1.91. The maximum Gasteiger partial charge on any atom is 0.227 e. The second-order valence-corrected chi connectivity index (χ2v) is 5.35. The molecule has 0 radical (unpaired) electrons. The number of anilines is 1. The fourth-order valence-corrected chi connectivity index (χ4v) is 2.58. The Balaban J connectivity index is 2.34. The van der Waals surface area contributed by atoms with Gasteiger partial charge in [0.1, 0.15) is 17.9 Å². The Morgan fingerprint density at radius 2 is 2.00 bits per heavy atom. The maximum absolute atomic E-state index is 5.78. The fourth-order valence-electron chi connectivity index (χ4n) is 1.45. The zero-order valence-electron chi connectivity index (χ0n) is 9.87. The van der Waals surface area contributed by atoms with E-state index >= 15 is 0 Å². The van der Waals surface area contributed by atoms with E-state index in [0.29, 0.717) is 11.6 Å². The van der Waals surface area contributed by atoms with E-state index in [1.807, 2.05) is 32.2 Å². The van der Waals surface area contributed by atoms with Crippen LogP contribution in [0.2, 0.25) is 0 Å². The van der Waals surface area contributed by atoms with Crippen LogP contribution in [0.15, 0.2) is 33.5 Å². The number of benzene rings is 1. The van der Waals surface area contributed by atoms with Crippen molar-refractivity contribution in [1.82, 2.24) is 9.97 Å². The Hall–Kier alpha value is -1.14. The zero-order chi connectivity index (χ0) is 13.1. The minimum Gasteiger partial charge on any atom is -0.437 e. The monoisotopic (exact) mass is 371 g/mol. The van der Waals surface area contributed by atoms with Crippen LogP contribution in [0.4, 0.5) is 5.82 Å². The van der Waals surface area contributed by atoms with Gasteiger partial charge in [-0.15, -0.1) is 0 Å². The highest BCUT2D eigenvalue weighted by molar-refractivity contribution is 9.11. The third-order valence-electron chi connectivity index (χ3n) is 2.38. The number of ether oxygens (including phenoxy) is 1. The second-order valence-electron chi connectivity index (χ2n) is 3.58. The molecule has 0 aliphatic heterocycles. The molecule has 1 aromatic heterocycles. The molecular weight excluding hydrogens is 362 g/mol. The smallest absolute Gasteiger partial charge is 0.227 e. The van der Waals surface area contributed by atoms with Crippen LogP contribution >= 0.6 is 31.9 Å². The van der Waals surface area contributed by atoms with E-state index in [9.17, 15) is 0 Å². The van der Waals surface area contributed by atoms with Crippen LogP contribution in [0, 0.1) is 6.92 Å². The molecule has 0 saturated carbocycles. The molecule has 0 spiro atoms. The largest absolute Gasteiger partial charge is 0.437 e. The standard InChI is InChI=1S/C12H11Br2N3O/c1-7-11(15-2)16-6-17-12(7)18-10-4-3-8(13)5-9(10)14/h3-6H,1-2H3,(H,15,16,17). The van der Waals surface area contributed by atoms with Crippen LogP contribution in [0.25, 0.3) is 0 Å². The summed E-state index contributed by atoms with van der Waals surface area (Å²) in [7, 11) is 1.81. The van der Waals surface area contributed by atoms with E-state index < -0.39 is 0 Å². The van der Waals surface area contributed by atoms with Gasteiger partial charge in [-0.1, -0.05) is 15.9 Å². The van der Waals surface area contributed by atoms with Crippen LogP contribution in [-0.4, -0.2) is 17.0 Å². The first-order valence-electron chi connectivity index (χ1n) is 5.24. The number of hydrogen-bond donors (Lipinski definition) is 1. The summed E-state index contributed by atoms with van der Waals surface area (Å²) in [4.78, 5) is 8.25. The van der Waals surface area contributed by atoms with Crippen LogP contribution < -0.4 is 10.1 Å². The predicted molar refractivity (Wildman–Crippen MR) is 78.2 cm³/mol. The van der Waals surface area contributed by atoms with Gasteiger partial charge in [0.15, 0.2) is 0 Å². The number of aromatic nitrogens is 2. The van der Waals surface area contributed by atoms with Crippen LogP contribution in [0.5, 0.6) is 11.6 Å². The van der Waals surface area contributed by atoms with Crippen molar-refractivity contribution < 1.29 is 4.74 Å². The van der Waals surface area contributed by atoms with Gasteiger partial charge in [-0.2, -0.15) is 0 Å². The summed E-state index contributed by atoms with van der Waals surface area (Å²) in [5, 5.41) is 2.99. The van der Waals surface area contributed by atoms with Gasteiger partial charge in [0.2, 0.25) is 5.88 Å². The van der Waals surface area contributed by atoms with E-state index in [4.69, 9.17) is 4.74 Å². The van der Waals surface area contributed by atoms with Crippen molar-refractivity contribution in [2.24, 2.45) is 0 Å². The Kier molecular flexibility index (Phi) is 4.19. The summed E-state index contributed by atoms with van der Waals surface area (Å²) in [6, 6.07) is 5.70. The fraction of sp³-hybridized carbons (Fsp3) is 0.167. The molecular formula is C12H11Br2N3O. The van der Waals surface area contributed by atoms with Gasteiger partial charge in [0.25, 0.3) is 0 Å². The summed E-state index contributed by atoms with van der Waals surface area (Å²) >= 11 is 6.85. The maximum atomic E-state index is 5.78. The molecule has 6 heteroatoms. The van der Waals surface area contributed by atoms with E-state index in [2.05, 4.69) is 47.1 Å². The van der Waals surface area contributed by atoms with E-state index in [1.165, 1.54) is 6.33 Å². The molecule has 0 atom stereocenters. The third kappa shape index (κ3) is 2.81.